The summed E-state index contributed by atoms with van der Waals surface area (Å²) in [5.41, 5.74) is 8.16. The smallest absolute Gasteiger partial charge is 0.261 e. The number of aromatic nitrogens is 1. The fourth-order valence-electron chi connectivity index (χ4n) is 5.73. The van der Waals surface area contributed by atoms with Crippen LogP contribution in [0.1, 0.15) is 58.4 Å². The monoisotopic (exact) mass is 451 g/mol. The molecule has 3 aliphatic rings. The van der Waals surface area contributed by atoms with Crippen molar-refractivity contribution in [3.05, 3.63) is 62.6 Å². The maximum atomic E-state index is 12.2. The number of pyridine rings is 1. The standard InChI is InChI=1S/C26H33N3O4/c1-33-20-7-6-18-13-23(29(15-16-4-5-16)10-2-3-17(18)11-20)26(32)9-8-22-19(14-26)12-21(24(27)30)25(31)28-22/h6-7,11-12,16,23,32H,2-5,8-10,13-15H2,1H3,(H2,27,30)(H,28,31)/t23-,26-/m1/s1. The van der Waals surface area contributed by atoms with Gasteiger partial charge in [0.2, 0.25) is 0 Å². The molecular formula is C26H33N3O4. The molecule has 0 bridgehead atoms. The molecule has 4 N–H and O–H groups in total. The Bertz CT molecular complexity index is 1120. The quantitative estimate of drug-likeness (QED) is 0.644. The van der Waals surface area contributed by atoms with E-state index in [1.54, 1.807) is 13.2 Å². The van der Waals surface area contributed by atoms with Gasteiger partial charge in [0.05, 0.1) is 12.7 Å². The summed E-state index contributed by atoms with van der Waals surface area (Å²) in [6.07, 6.45) is 6.89. The van der Waals surface area contributed by atoms with Gasteiger partial charge in [-0.1, -0.05) is 6.07 Å². The predicted octanol–water partition coefficient (Wildman–Crippen LogP) is 1.97. The zero-order valence-electron chi connectivity index (χ0n) is 19.2. The third-order valence-electron chi connectivity index (χ3n) is 7.75. The van der Waals surface area contributed by atoms with Gasteiger partial charge in [-0.25, -0.2) is 0 Å². The molecule has 0 unspecified atom stereocenters. The number of carbonyl (C=O) groups is 1. The Kier molecular flexibility index (Phi) is 5.79. The number of amides is 1. The summed E-state index contributed by atoms with van der Waals surface area (Å²) >= 11 is 0. The number of aryl methyl sites for hydroxylation is 2. The number of rotatable bonds is 5. The molecule has 0 saturated heterocycles. The lowest BCUT2D eigenvalue weighted by molar-refractivity contribution is -0.0606. The van der Waals surface area contributed by atoms with Gasteiger partial charge in [0.1, 0.15) is 11.3 Å². The van der Waals surface area contributed by atoms with Crippen molar-refractivity contribution in [2.75, 3.05) is 20.2 Å². The number of benzene rings is 1. The molecule has 1 aliphatic heterocycles. The first kappa shape index (κ1) is 22.2. The minimum atomic E-state index is -0.955. The van der Waals surface area contributed by atoms with Crippen LogP contribution in [-0.4, -0.2) is 52.7 Å². The minimum Gasteiger partial charge on any atom is -0.497 e. The molecule has 33 heavy (non-hydrogen) atoms. The molecular weight excluding hydrogens is 418 g/mol. The van der Waals surface area contributed by atoms with Crippen LogP contribution in [0.25, 0.3) is 0 Å². The minimum absolute atomic E-state index is 0.0389. The third-order valence-corrected chi connectivity index (χ3v) is 7.75. The average Bonchev–Trinajstić information content (AvgIpc) is 3.59. The SMILES string of the molecule is COc1ccc2c(c1)CCCN(CC1CC1)[C@@H]([C@@]1(O)CCc3[nH]c(=O)c(C(N)=O)cc3C1)C2. The summed E-state index contributed by atoms with van der Waals surface area (Å²) in [7, 11) is 1.69. The molecule has 0 spiro atoms. The van der Waals surface area contributed by atoms with E-state index in [-0.39, 0.29) is 11.6 Å². The Morgan fingerprint density at radius 3 is 2.79 bits per heavy atom. The van der Waals surface area contributed by atoms with Crippen molar-refractivity contribution >= 4 is 5.91 Å². The molecule has 1 aromatic carbocycles. The van der Waals surface area contributed by atoms with E-state index >= 15 is 0 Å². The van der Waals surface area contributed by atoms with Crippen molar-refractivity contribution in [1.29, 1.82) is 0 Å². The van der Waals surface area contributed by atoms with Crippen LogP contribution in [0.3, 0.4) is 0 Å². The van der Waals surface area contributed by atoms with E-state index in [9.17, 15) is 14.7 Å². The number of nitrogens with two attached hydrogens (primary N) is 1. The Hall–Kier alpha value is -2.64. The Labute approximate surface area is 193 Å². The normalized spacial score (nSPS) is 25.5. The highest BCUT2D eigenvalue weighted by atomic mass is 16.5. The van der Waals surface area contributed by atoms with Gasteiger partial charge in [-0.15, -0.1) is 0 Å². The number of aliphatic hydroxyl groups is 1. The van der Waals surface area contributed by atoms with E-state index in [0.717, 1.165) is 55.3 Å². The van der Waals surface area contributed by atoms with Gasteiger partial charge in [0.15, 0.2) is 0 Å². The molecule has 2 aliphatic carbocycles. The highest BCUT2D eigenvalue weighted by molar-refractivity contribution is 5.92. The van der Waals surface area contributed by atoms with Gasteiger partial charge >= 0.3 is 0 Å². The van der Waals surface area contributed by atoms with Crippen LogP contribution in [0, 0.1) is 5.92 Å². The summed E-state index contributed by atoms with van der Waals surface area (Å²) in [5.74, 6) is 0.853. The molecule has 2 heterocycles. The summed E-state index contributed by atoms with van der Waals surface area (Å²) in [4.78, 5) is 29.3. The van der Waals surface area contributed by atoms with E-state index in [0.29, 0.717) is 19.3 Å². The zero-order valence-corrected chi connectivity index (χ0v) is 19.2. The molecule has 2 aromatic rings. The number of hydrogen-bond donors (Lipinski definition) is 3. The fraction of sp³-hybridized carbons (Fsp3) is 0.538. The maximum absolute atomic E-state index is 12.2. The zero-order chi connectivity index (χ0) is 23.2. The molecule has 7 heteroatoms. The van der Waals surface area contributed by atoms with Gasteiger partial charge < -0.3 is 20.6 Å². The first-order valence-corrected chi connectivity index (χ1v) is 12.0. The van der Waals surface area contributed by atoms with Crippen LogP contribution in [0.2, 0.25) is 0 Å². The van der Waals surface area contributed by atoms with Crippen molar-refractivity contribution in [3.63, 3.8) is 0 Å². The summed E-state index contributed by atoms with van der Waals surface area (Å²) in [6.45, 7) is 1.97. The van der Waals surface area contributed by atoms with Gasteiger partial charge in [-0.3, -0.25) is 14.5 Å². The second kappa shape index (κ2) is 8.61. The number of fused-ring (bicyclic) bond motifs is 2. The Morgan fingerprint density at radius 2 is 2.06 bits per heavy atom. The maximum Gasteiger partial charge on any atom is 0.261 e. The lowest BCUT2D eigenvalue weighted by Crippen LogP contribution is -2.58. The molecule has 176 valence electrons. The second-order valence-corrected chi connectivity index (χ2v) is 10.1. The number of methoxy groups -OCH3 is 1. The number of carbonyl (C=O) groups excluding carboxylic acids is 1. The predicted molar refractivity (Wildman–Crippen MR) is 126 cm³/mol. The van der Waals surface area contributed by atoms with Gasteiger partial charge in [0.25, 0.3) is 11.5 Å². The molecule has 1 saturated carbocycles. The number of nitrogens with zero attached hydrogens (tertiary/aromatic N) is 1. The van der Waals surface area contributed by atoms with Crippen LogP contribution in [-0.2, 0) is 25.7 Å². The summed E-state index contributed by atoms with van der Waals surface area (Å²) < 4.78 is 5.45. The molecule has 1 aromatic heterocycles. The van der Waals surface area contributed by atoms with Crippen LogP contribution in [0.4, 0.5) is 0 Å². The molecule has 7 nitrogen and oxygen atoms in total. The number of aromatic amines is 1. The van der Waals surface area contributed by atoms with Crippen LogP contribution < -0.4 is 16.0 Å². The number of nitrogens with one attached hydrogen (secondary N) is 1. The van der Waals surface area contributed by atoms with Crippen molar-refractivity contribution in [1.82, 2.24) is 9.88 Å². The number of hydrogen-bond acceptors (Lipinski definition) is 5. The van der Waals surface area contributed by atoms with E-state index < -0.39 is 17.1 Å². The fourth-order valence-corrected chi connectivity index (χ4v) is 5.73. The molecule has 0 radical (unpaired) electrons. The highest BCUT2D eigenvalue weighted by Crippen LogP contribution is 2.38. The molecule has 1 fully saturated rings. The van der Waals surface area contributed by atoms with Crippen LogP contribution in [0.5, 0.6) is 5.75 Å². The van der Waals surface area contributed by atoms with Crippen molar-refractivity contribution < 1.29 is 14.6 Å². The van der Waals surface area contributed by atoms with Gasteiger partial charge in [-0.05, 0) is 92.3 Å². The number of H-pyrrole nitrogens is 1. The third kappa shape index (κ3) is 4.44. The molecule has 2 atom stereocenters. The first-order chi connectivity index (χ1) is 15.9. The van der Waals surface area contributed by atoms with Crippen molar-refractivity contribution in [2.45, 2.75) is 63.0 Å². The highest BCUT2D eigenvalue weighted by Gasteiger charge is 2.44. The van der Waals surface area contributed by atoms with E-state index in [1.165, 1.54) is 24.0 Å². The van der Waals surface area contributed by atoms with Crippen molar-refractivity contribution in [2.24, 2.45) is 11.7 Å². The second-order valence-electron chi connectivity index (χ2n) is 10.1. The molecule has 5 rings (SSSR count). The Balaban J connectivity index is 1.51. The van der Waals surface area contributed by atoms with Gasteiger partial charge in [-0.2, -0.15) is 0 Å². The van der Waals surface area contributed by atoms with Crippen LogP contribution in [0.15, 0.2) is 29.1 Å². The van der Waals surface area contributed by atoms with E-state index in [2.05, 4.69) is 22.0 Å². The lowest BCUT2D eigenvalue weighted by Gasteiger charge is -2.46. The largest absolute Gasteiger partial charge is 0.497 e. The lowest BCUT2D eigenvalue weighted by atomic mass is 9.74. The van der Waals surface area contributed by atoms with Crippen molar-refractivity contribution in [3.8, 4) is 5.75 Å². The summed E-state index contributed by atoms with van der Waals surface area (Å²) in [5, 5.41) is 12.1. The van der Waals surface area contributed by atoms with E-state index in [1.807, 2.05) is 6.07 Å². The Morgan fingerprint density at radius 1 is 1.24 bits per heavy atom. The number of primary amides is 1. The average molecular weight is 452 g/mol. The van der Waals surface area contributed by atoms with Crippen LogP contribution >= 0.6 is 0 Å². The van der Waals surface area contributed by atoms with E-state index in [4.69, 9.17) is 10.5 Å². The topological polar surface area (TPSA) is 109 Å². The molecule has 1 amide bonds. The number of ether oxygens (including phenoxy) is 1. The summed E-state index contributed by atoms with van der Waals surface area (Å²) in [6, 6.07) is 7.83. The van der Waals surface area contributed by atoms with Gasteiger partial charge in [0, 0.05) is 24.7 Å². The first-order valence-electron chi connectivity index (χ1n) is 12.0.